The van der Waals surface area contributed by atoms with Crippen LogP contribution in [0.4, 0.5) is 0 Å². The summed E-state index contributed by atoms with van der Waals surface area (Å²) < 4.78 is 23.1. The minimum atomic E-state index is -0.390. The second-order valence-electron chi connectivity index (χ2n) is 7.43. The van der Waals surface area contributed by atoms with E-state index in [1.165, 1.54) is 0 Å². The lowest BCUT2D eigenvalue weighted by molar-refractivity contribution is 0.0280. The molecule has 32 heavy (non-hydrogen) atoms. The molecule has 1 aliphatic rings. The standard InChI is InChI=1S/C26H26O5S/c1-28-22-14-17-10-13-21(31-26(27)16-8-6-5-7-9-16)20-15-18(32-4)11-12-19(20)23(17)25(30-3)24(22)29-2/h5-9,11-12,14-15,21H,10,13H2,1-4H3/t21-/m1/s1. The minimum Gasteiger partial charge on any atom is -0.493 e. The number of carbonyl (C=O) groups excluding carboxylic acids is 1. The van der Waals surface area contributed by atoms with Gasteiger partial charge in [0.15, 0.2) is 11.5 Å². The van der Waals surface area contributed by atoms with Crippen molar-refractivity contribution in [2.45, 2.75) is 23.8 Å². The van der Waals surface area contributed by atoms with Gasteiger partial charge < -0.3 is 18.9 Å². The van der Waals surface area contributed by atoms with Crippen LogP contribution in [0, 0.1) is 0 Å². The van der Waals surface area contributed by atoms with Gasteiger partial charge in [-0.1, -0.05) is 24.3 Å². The lowest BCUT2D eigenvalue weighted by Gasteiger charge is -2.21. The van der Waals surface area contributed by atoms with Crippen molar-refractivity contribution in [3.05, 3.63) is 71.3 Å². The Morgan fingerprint density at radius 1 is 0.938 bits per heavy atom. The van der Waals surface area contributed by atoms with Crippen LogP contribution in [-0.2, 0) is 11.2 Å². The number of fused-ring (bicyclic) bond motifs is 3. The van der Waals surface area contributed by atoms with Crippen molar-refractivity contribution in [3.8, 4) is 28.4 Å². The summed E-state index contributed by atoms with van der Waals surface area (Å²) in [5.41, 5.74) is 4.49. The van der Waals surface area contributed by atoms with Crippen LogP contribution in [0.5, 0.6) is 17.2 Å². The van der Waals surface area contributed by atoms with Gasteiger partial charge in [-0.2, -0.15) is 0 Å². The number of methoxy groups -OCH3 is 3. The van der Waals surface area contributed by atoms with Crippen molar-refractivity contribution < 1.29 is 23.7 Å². The second-order valence-corrected chi connectivity index (χ2v) is 8.31. The average Bonchev–Trinajstić information content (AvgIpc) is 2.99. The maximum absolute atomic E-state index is 12.9. The number of benzene rings is 3. The Kier molecular flexibility index (Phi) is 6.61. The number of thioether (sulfide) groups is 1. The second kappa shape index (κ2) is 9.57. The number of aryl methyl sites for hydroxylation is 1. The molecule has 3 aromatic rings. The lowest BCUT2D eigenvalue weighted by atomic mass is 9.94. The maximum atomic E-state index is 12.9. The first kappa shape index (κ1) is 22.1. The van der Waals surface area contributed by atoms with Gasteiger partial charge in [0, 0.05) is 16.0 Å². The summed E-state index contributed by atoms with van der Waals surface area (Å²) in [6.45, 7) is 0. The van der Waals surface area contributed by atoms with Gasteiger partial charge in [-0.05, 0) is 60.6 Å². The zero-order valence-electron chi connectivity index (χ0n) is 18.6. The maximum Gasteiger partial charge on any atom is 0.338 e. The fourth-order valence-corrected chi connectivity index (χ4v) is 4.65. The largest absolute Gasteiger partial charge is 0.493 e. The highest BCUT2D eigenvalue weighted by Crippen LogP contribution is 2.51. The van der Waals surface area contributed by atoms with Crippen LogP contribution in [0.2, 0.25) is 0 Å². The van der Waals surface area contributed by atoms with E-state index in [4.69, 9.17) is 18.9 Å². The smallest absolute Gasteiger partial charge is 0.338 e. The van der Waals surface area contributed by atoms with E-state index < -0.39 is 0 Å². The predicted molar refractivity (Wildman–Crippen MR) is 126 cm³/mol. The van der Waals surface area contributed by atoms with Gasteiger partial charge in [-0.25, -0.2) is 4.79 Å². The Morgan fingerprint density at radius 3 is 2.34 bits per heavy atom. The predicted octanol–water partition coefficient (Wildman–Crippen LogP) is 5.95. The van der Waals surface area contributed by atoms with E-state index in [-0.39, 0.29) is 12.1 Å². The van der Waals surface area contributed by atoms with E-state index in [0.717, 1.165) is 27.1 Å². The van der Waals surface area contributed by atoms with Crippen LogP contribution in [-0.4, -0.2) is 33.6 Å². The first-order valence-corrected chi connectivity index (χ1v) is 11.6. The molecular formula is C26H26O5S. The average molecular weight is 451 g/mol. The molecule has 4 rings (SSSR count). The van der Waals surface area contributed by atoms with E-state index in [9.17, 15) is 4.79 Å². The van der Waals surface area contributed by atoms with E-state index >= 15 is 0 Å². The molecule has 5 nitrogen and oxygen atoms in total. The third-order valence-electron chi connectivity index (χ3n) is 5.72. The van der Waals surface area contributed by atoms with Gasteiger partial charge in [0.2, 0.25) is 5.75 Å². The van der Waals surface area contributed by atoms with Crippen LogP contribution in [0.25, 0.3) is 11.1 Å². The molecular weight excluding hydrogens is 424 g/mol. The topological polar surface area (TPSA) is 54.0 Å². The zero-order valence-corrected chi connectivity index (χ0v) is 19.5. The van der Waals surface area contributed by atoms with Gasteiger partial charge in [0.05, 0.1) is 26.9 Å². The van der Waals surface area contributed by atoms with Crippen molar-refractivity contribution >= 4 is 17.7 Å². The van der Waals surface area contributed by atoms with Crippen LogP contribution < -0.4 is 14.2 Å². The Morgan fingerprint density at radius 2 is 1.69 bits per heavy atom. The molecule has 3 aromatic carbocycles. The molecule has 0 spiro atoms. The van der Waals surface area contributed by atoms with Gasteiger partial charge >= 0.3 is 5.97 Å². The number of esters is 1. The van der Waals surface area contributed by atoms with Crippen molar-refractivity contribution in [3.63, 3.8) is 0 Å². The first-order valence-electron chi connectivity index (χ1n) is 10.4. The Balaban J connectivity index is 1.86. The SMILES string of the molecule is COc1cc2c(c(OC)c1OC)-c1ccc(SC)cc1[C@H](OC(=O)c1ccccc1)CC2. The van der Waals surface area contributed by atoms with Crippen LogP contribution >= 0.6 is 11.8 Å². The van der Waals surface area contributed by atoms with Crippen molar-refractivity contribution in [1.29, 1.82) is 0 Å². The molecule has 0 unspecified atom stereocenters. The summed E-state index contributed by atoms with van der Waals surface area (Å²) in [6.07, 6.45) is 2.99. The molecule has 0 radical (unpaired) electrons. The van der Waals surface area contributed by atoms with Crippen LogP contribution in [0.1, 0.15) is 34.0 Å². The molecule has 0 saturated carbocycles. The van der Waals surface area contributed by atoms with Gasteiger partial charge in [-0.15, -0.1) is 11.8 Å². The van der Waals surface area contributed by atoms with Crippen LogP contribution in [0.15, 0.2) is 59.5 Å². The van der Waals surface area contributed by atoms with Gasteiger partial charge in [0.25, 0.3) is 0 Å². The quantitative estimate of drug-likeness (QED) is 0.342. The molecule has 0 saturated heterocycles. The number of carbonyl (C=O) groups is 1. The molecule has 1 aliphatic carbocycles. The third-order valence-corrected chi connectivity index (χ3v) is 6.45. The molecule has 166 valence electrons. The highest BCUT2D eigenvalue weighted by Gasteiger charge is 2.31. The summed E-state index contributed by atoms with van der Waals surface area (Å²) in [7, 11) is 4.85. The molecule has 0 aromatic heterocycles. The molecule has 0 fully saturated rings. The number of hydrogen-bond acceptors (Lipinski definition) is 6. The number of ether oxygens (including phenoxy) is 4. The highest BCUT2D eigenvalue weighted by molar-refractivity contribution is 7.98. The van der Waals surface area contributed by atoms with E-state index in [2.05, 4.69) is 18.2 Å². The van der Waals surface area contributed by atoms with Crippen molar-refractivity contribution in [2.75, 3.05) is 27.6 Å². The molecule has 1 atom stereocenters. The van der Waals surface area contributed by atoms with E-state index in [1.54, 1.807) is 45.2 Å². The molecule has 0 N–H and O–H groups in total. The van der Waals surface area contributed by atoms with Crippen LogP contribution in [0.3, 0.4) is 0 Å². The van der Waals surface area contributed by atoms with E-state index in [1.807, 2.05) is 30.5 Å². The molecule has 0 bridgehead atoms. The Bertz CT molecular complexity index is 1130. The number of rotatable bonds is 6. The molecule has 0 amide bonds. The van der Waals surface area contributed by atoms with E-state index in [0.29, 0.717) is 35.7 Å². The lowest BCUT2D eigenvalue weighted by Crippen LogP contribution is -2.12. The fraction of sp³-hybridized carbons (Fsp3) is 0.269. The summed E-state index contributed by atoms with van der Waals surface area (Å²) >= 11 is 1.65. The molecule has 0 heterocycles. The summed E-state index contributed by atoms with van der Waals surface area (Å²) in [6, 6.07) is 17.3. The normalized spacial score (nSPS) is 14.6. The first-order chi connectivity index (χ1) is 15.6. The third kappa shape index (κ3) is 4.02. The Labute approximate surface area is 192 Å². The Hall–Kier alpha value is -3.12. The van der Waals surface area contributed by atoms with Gasteiger partial charge in [0.1, 0.15) is 6.10 Å². The molecule has 0 aliphatic heterocycles. The van der Waals surface area contributed by atoms with Crippen molar-refractivity contribution in [2.24, 2.45) is 0 Å². The highest BCUT2D eigenvalue weighted by atomic mass is 32.2. The van der Waals surface area contributed by atoms with Crippen molar-refractivity contribution in [1.82, 2.24) is 0 Å². The number of hydrogen-bond donors (Lipinski definition) is 0. The summed E-state index contributed by atoms with van der Waals surface area (Å²) in [5, 5.41) is 0. The monoisotopic (exact) mass is 450 g/mol. The van der Waals surface area contributed by atoms with Gasteiger partial charge in [-0.3, -0.25) is 0 Å². The summed E-state index contributed by atoms with van der Waals surface area (Å²) in [5.74, 6) is 1.46. The zero-order chi connectivity index (χ0) is 22.7. The molecule has 6 heteroatoms. The summed E-state index contributed by atoms with van der Waals surface area (Å²) in [4.78, 5) is 14.0. The fourth-order valence-electron chi connectivity index (χ4n) is 4.20. The minimum absolute atomic E-state index is 0.329.